The minimum Gasteiger partial charge on any atom is -0.368 e. The van der Waals surface area contributed by atoms with Crippen LogP contribution in [0.15, 0.2) is 47.4 Å². The Morgan fingerprint density at radius 2 is 1.92 bits per heavy atom. The number of halogens is 2. The fourth-order valence-electron chi connectivity index (χ4n) is 2.41. The summed E-state index contributed by atoms with van der Waals surface area (Å²) >= 11 is 5.87. The van der Waals surface area contributed by atoms with Crippen LogP contribution in [0.3, 0.4) is 0 Å². The highest BCUT2D eigenvalue weighted by molar-refractivity contribution is 7.89. The standard InChI is InChI=1S/C15H13ClFN3O5S/c1-19(13(15(18)21)9-4-2-5-10(17)8-9)26(24,25)14-11(16)6-3-7-12(14)20(22)23/h2-8,13H,1H3,(H2,18,21). The van der Waals surface area contributed by atoms with E-state index in [1.807, 2.05) is 0 Å². The summed E-state index contributed by atoms with van der Waals surface area (Å²) in [6.45, 7) is 0. The minimum atomic E-state index is -4.61. The van der Waals surface area contributed by atoms with Crippen molar-refractivity contribution in [1.82, 2.24) is 4.31 Å². The normalized spacial score (nSPS) is 12.8. The van der Waals surface area contributed by atoms with Crippen molar-refractivity contribution in [2.45, 2.75) is 10.9 Å². The number of benzene rings is 2. The third-order valence-corrected chi connectivity index (χ3v) is 5.92. The first-order valence-electron chi connectivity index (χ1n) is 7.03. The average Bonchev–Trinajstić information content (AvgIpc) is 2.54. The summed E-state index contributed by atoms with van der Waals surface area (Å²) in [4.78, 5) is 21.4. The summed E-state index contributed by atoms with van der Waals surface area (Å²) in [5, 5.41) is 10.8. The lowest BCUT2D eigenvalue weighted by Gasteiger charge is -2.25. The Morgan fingerprint density at radius 1 is 1.31 bits per heavy atom. The van der Waals surface area contributed by atoms with Gasteiger partial charge >= 0.3 is 0 Å². The average molecular weight is 402 g/mol. The molecule has 0 heterocycles. The van der Waals surface area contributed by atoms with Crippen molar-refractivity contribution in [3.63, 3.8) is 0 Å². The molecule has 0 aliphatic rings. The zero-order valence-corrected chi connectivity index (χ0v) is 14.9. The Kier molecular flexibility index (Phi) is 5.59. The number of nitro groups is 1. The molecule has 11 heteroatoms. The highest BCUT2D eigenvalue weighted by Crippen LogP contribution is 2.35. The zero-order chi connectivity index (χ0) is 19.6. The fourth-order valence-corrected chi connectivity index (χ4v) is 4.38. The Hall–Kier alpha value is -2.56. The molecule has 2 aromatic rings. The van der Waals surface area contributed by atoms with E-state index in [4.69, 9.17) is 17.3 Å². The molecule has 138 valence electrons. The molecule has 0 spiro atoms. The summed E-state index contributed by atoms with van der Waals surface area (Å²) in [5.74, 6) is -1.79. The van der Waals surface area contributed by atoms with E-state index in [2.05, 4.69) is 0 Å². The van der Waals surface area contributed by atoms with E-state index in [0.717, 1.165) is 31.3 Å². The smallest absolute Gasteiger partial charge is 0.290 e. The number of likely N-dealkylation sites (N-methyl/N-ethyl adjacent to an activating group) is 1. The van der Waals surface area contributed by atoms with Gasteiger partial charge in [0.25, 0.3) is 15.7 Å². The summed E-state index contributed by atoms with van der Waals surface area (Å²) in [7, 11) is -3.61. The van der Waals surface area contributed by atoms with Gasteiger partial charge in [-0.1, -0.05) is 29.8 Å². The lowest BCUT2D eigenvalue weighted by atomic mass is 10.1. The molecule has 0 saturated carbocycles. The predicted molar refractivity (Wildman–Crippen MR) is 91.4 cm³/mol. The van der Waals surface area contributed by atoms with Crippen molar-refractivity contribution in [3.05, 3.63) is 69.0 Å². The van der Waals surface area contributed by atoms with Crippen molar-refractivity contribution >= 4 is 33.2 Å². The van der Waals surface area contributed by atoms with E-state index in [1.165, 1.54) is 18.2 Å². The number of sulfonamides is 1. The number of rotatable bonds is 6. The maximum atomic E-state index is 13.5. The summed E-state index contributed by atoms with van der Waals surface area (Å²) in [6.07, 6.45) is 0. The molecule has 0 aliphatic heterocycles. The quantitative estimate of drug-likeness (QED) is 0.587. The molecule has 0 aromatic heterocycles. The third kappa shape index (κ3) is 3.66. The van der Waals surface area contributed by atoms with E-state index >= 15 is 0 Å². The van der Waals surface area contributed by atoms with Gasteiger partial charge in [0.2, 0.25) is 5.91 Å². The number of nitrogens with two attached hydrogens (primary N) is 1. The number of amides is 1. The number of hydrogen-bond donors (Lipinski definition) is 1. The van der Waals surface area contributed by atoms with Gasteiger partial charge in [0, 0.05) is 13.1 Å². The molecule has 8 nitrogen and oxygen atoms in total. The first kappa shape index (κ1) is 19.8. The molecule has 0 bridgehead atoms. The van der Waals surface area contributed by atoms with Gasteiger partial charge in [-0.05, 0) is 23.8 Å². The van der Waals surface area contributed by atoms with E-state index in [0.29, 0.717) is 4.31 Å². The molecule has 1 unspecified atom stereocenters. The Balaban J connectivity index is 2.65. The van der Waals surface area contributed by atoms with Crippen LogP contribution in [0.5, 0.6) is 0 Å². The van der Waals surface area contributed by atoms with Gasteiger partial charge in [0.15, 0.2) is 4.90 Å². The van der Waals surface area contributed by atoms with Crippen LogP contribution < -0.4 is 5.73 Å². The molecule has 1 atom stereocenters. The van der Waals surface area contributed by atoms with Crippen molar-refractivity contribution in [2.24, 2.45) is 5.73 Å². The van der Waals surface area contributed by atoms with Crippen LogP contribution in [0, 0.1) is 15.9 Å². The number of hydrogen-bond acceptors (Lipinski definition) is 5. The van der Waals surface area contributed by atoms with Crippen LogP contribution in [-0.4, -0.2) is 30.6 Å². The molecule has 26 heavy (non-hydrogen) atoms. The second-order valence-electron chi connectivity index (χ2n) is 5.23. The van der Waals surface area contributed by atoms with Gasteiger partial charge in [0.1, 0.15) is 11.9 Å². The van der Waals surface area contributed by atoms with Crippen LogP contribution in [0.25, 0.3) is 0 Å². The summed E-state index contributed by atoms with van der Waals surface area (Å²) in [6, 6.07) is 6.40. The largest absolute Gasteiger partial charge is 0.368 e. The number of carbonyl (C=O) groups is 1. The second kappa shape index (κ2) is 7.36. The monoisotopic (exact) mass is 401 g/mol. The number of carbonyl (C=O) groups excluding carboxylic acids is 1. The van der Waals surface area contributed by atoms with Gasteiger partial charge in [-0.3, -0.25) is 14.9 Å². The van der Waals surface area contributed by atoms with E-state index in [9.17, 15) is 27.7 Å². The number of nitrogens with zero attached hydrogens (tertiary/aromatic N) is 2. The zero-order valence-electron chi connectivity index (χ0n) is 13.3. The number of primary amides is 1. The molecule has 0 radical (unpaired) electrons. The third-order valence-electron chi connectivity index (χ3n) is 3.58. The first-order chi connectivity index (χ1) is 12.1. The second-order valence-corrected chi connectivity index (χ2v) is 7.57. The van der Waals surface area contributed by atoms with E-state index in [1.54, 1.807) is 0 Å². The maximum absolute atomic E-state index is 13.5. The van der Waals surface area contributed by atoms with Crippen molar-refractivity contribution < 1.29 is 22.5 Å². The molecule has 1 amide bonds. The van der Waals surface area contributed by atoms with Gasteiger partial charge in [-0.2, -0.15) is 4.31 Å². The van der Waals surface area contributed by atoms with E-state index in [-0.39, 0.29) is 5.56 Å². The topological polar surface area (TPSA) is 124 Å². The Labute approximate surface area is 153 Å². The molecule has 0 saturated heterocycles. The van der Waals surface area contributed by atoms with Crippen LogP contribution in [0.2, 0.25) is 5.02 Å². The van der Waals surface area contributed by atoms with Gasteiger partial charge in [-0.15, -0.1) is 0 Å². The molecule has 2 rings (SSSR count). The van der Waals surface area contributed by atoms with Gasteiger partial charge < -0.3 is 5.73 Å². The Morgan fingerprint density at radius 3 is 2.46 bits per heavy atom. The molecular formula is C15H13ClFN3O5S. The Bertz CT molecular complexity index is 983. The van der Waals surface area contributed by atoms with Crippen LogP contribution in [0.1, 0.15) is 11.6 Å². The molecular weight excluding hydrogens is 389 g/mol. The van der Waals surface area contributed by atoms with Crippen molar-refractivity contribution in [2.75, 3.05) is 7.05 Å². The van der Waals surface area contributed by atoms with Crippen LogP contribution in [0.4, 0.5) is 10.1 Å². The predicted octanol–water partition coefficient (Wildman–Crippen LogP) is 2.23. The highest BCUT2D eigenvalue weighted by Gasteiger charge is 2.38. The fraction of sp³-hybridized carbons (Fsp3) is 0.133. The lowest BCUT2D eigenvalue weighted by molar-refractivity contribution is -0.387. The first-order valence-corrected chi connectivity index (χ1v) is 8.85. The van der Waals surface area contributed by atoms with Crippen molar-refractivity contribution in [1.29, 1.82) is 0 Å². The van der Waals surface area contributed by atoms with E-state index < -0.39 is 48.3 Å². The molecule has 0 fully saturated rings. The van der Waals surface area contributed by atoms with Crippen LogP contribution in [-0.2, 0) is 14.8 Å². The summed E-state index contributed by atoms with van der Waals surface area (Å²) < 4.78 is 39.8. The highest BCUT2D eigenvalue weighted by atomic mass is 35.5. The minimum absolute atomic E-state index is 0.0294. The van der Waals surface area contributed by atoms with Crippen molar-refractivity contribution in [3.8, 4) is 0 Å². The van der Waals surface area contributed by atoms with Crippen LogP contribution >= 0.6 is 11.6 Å². The summed E-state index contributed by atoms with van der Waals surface area (Å²) in [5.41, 5.74) is 4.51. The molecule has 2 aromatic carbocycles. The molecule has 0 aliphatic carbocycles. The molecule has 2 N–H and O–H groups in total. The lowest BCUT2D eigenvalue weighted by Crippen LogP contribution is -2.39. The van der Waals surface area contributed by atoms with Gasteiger partial charge in [0.05, 0.1) is 9.95 Å². The maximum Gasteiger partial charge on any atom is 0.290 e. The number of nitro benzene ring substituents is 1. The SMILES string of the molecule is CN(C(C(N)=O)c1cccc(F)c1)S(=O)(=O)c1c(Cl)cccc1[N+](=O)[O-]. The van der Waals surface area contributed by atoms with Gasteiger partial charge in [-0.25, -0.2) is 12.8 Å².